The Labute approximate surface area is 157 Å². The highest BCUT2D eigenvalue weighted by atomic mass is 35.5. The van der Waals surface area contributed by atoms with Gasteiger partial charge in [0.2, 0.25) is 0 Å². The first-order valence-corrected chi connectivity index (χ1v) is 9.74. The third kappa shape index (κ3) is 3.30. The molecule has 3 rings (SSSR count). The van der Waals surface area contributed by atoms with E-state index in [4.69, 9.17) is 11.6 Å². The van der Waals surface area contributed by atoms with E-state index < -0.39 is 21.5 Å². The molecular formula is C19H17ClN2O3S. The number of carbonyl (C=O) groups excluding carboxylic acids is 1. The summed E-state index contributed by atoms with van der Waals surface area (Å²) in [5.74, 6) is -0.747. The summed E-state index contributed by atoms with van der Waals surface area (Å²) in [6.07, 6.45) is 4.63. The summed E-state index contributed by atoms with van der Waals surface area (Å²) in [5.41, 5.74) is 0.889. The molecule has 2 aromatic rings. The molecule has 1 N–H and O–H groups in total. The summed E-state index contributed by atoms with van der Waals surface area (Å²) in [6, 6.07) is 11.3. The average Bonchev–Trinajstić information content (AvgIpc) is 3.08. The molecule has 0 fully saturated rings. The monoisotopic (exact) mass is 388 g/mol. The van der Waals surface area contributed by atoms with E-state index >= 15 is 0 Å². The Morgan fingerprint density at radius 3 is 2.35 bits per heavy atom. The summed E-state index contributed by atoms with van der Waals surface area (Å²) in [4.78, 5) is 17.2. The van der Waals surface area contributed by atoms with Gasteiger partial charge in [-0.05, 0) is 67.0 Å². The van der Waals surface area contributed by atoms with Crippen LogP contribution in [0.1, 0.15) is 16.7 Å². The van der Waals surface area contributed by atoms with Gasteiger partial charge in [0.25, 0.3) is 15.9 Å². The Balaban J connectivity index is 1.96. The lowest BCUT2D eigenvalue weighted by molar-refractivity contribution is -0.123. The summed E-state index contributed by atoms with van der Waals surface area (Å²) in [5, 5.41) is 0.512. The number of aryl methyl sites for hydroxylation is 2. The minimum Gasteiger partial charge on any atom is -0.270 e. The van der Waals surface area contributed by atoms with Crippen molar-refractivity contribution in [2.75, 3.05) is 0 Å². The molecular weight excluding hydrogens is 372 g/mol. The van der Waals surface area contributed by atoms with E-state index in [0.29, 0.717) is 10.6 Å². The van der Waals surface area contributed by atoms with Gasteiger partial charge in [-0.25, -0.2) is 13.1 Å². The van der Waals surface area contributed by atoms with Crippen LogP contribution in [0.5, 0.6) is 0 Å². The normalized spacial score (nSPS) is 18.9. The van der Waals surface area contributed by atoms with Crippen molar-refractivity contribution in [3.63, 3.8) is 0 Å². The van der Waals surface area contributed by atoms with Crippen molar-refractivity contribution in [2.45, 2.75) is 24.3 Å². The predicted octanol–water partition coefficient (Wildman–Crippen LogP) is 3.30. The number of allylic oxidation sites excluding steroid dienone is 1. The van der Waals surface area contributed by atoms with Gasteiger partial charge in [0, 0.05) is 11.2 Å². The number of sulfonamides is 1. The number of benzene rings is 2. The van der Waals surface area contributed by atoms with Gasteiger partial charge in [-0.1, -0.05) is 29.8 Å². The molecule has 0 aromatic heterocycles. The van der Waals surface area contributed by atoms with Crippen LogP contribution in [0.3, 0.4) is 0 Å². The number of carbonyl (C=O) groups is 1. The van der Waals surface area contributed by atoms with Crippen LogP contribution in [0.4, 0.5) is 0 Å². The lowest BCUT2D eigenvalue weighted by Crippen LogP contribution is -2.43. The molecule has 0 spiro atoms. The van der Waals surface area contributed by atoms with Crippen LogP contribution in [0, 0.1) is 13.8 Å². The van der Waals surface area contributed by atoms with Crippen molar-refractivity contribution in [3.8, 4) is 0 Å². The first-order valence-electron chi connectivity index (χ1n) is 7.88. The van der Waals surface area contributed by atoms with E-state index in [0.717, 1.165) is 11.1 Å². The first-order chi connectivity index (χ1) is 12.2. The molecule has 0 saturated heterocycles. The summed E-state index contributed by atoms with van der Waals surface area (Å²) in [7, 11) is -4.02. The maximum atomic E-state index is 12.9. The Kier molecular flexibility index (Phi) is 4.73. The minimum atomic E-state index is -4.02. The molecule has 26 heavy (non-hydrogen) atoms. The standard InChI is InChI=1S/C19H17ClN2O3S/c1-13-4-9-17(12-14(13)2)26(24,25)22-18(23)19(10-3-11-21-19)15-5-7-16(20)8-6-15/h3-12H,1-2H3,(H,22,23). The quantitative estimate of drug-likeness (QED) is 0.873. The minimum absolute atomic E-state index is 0.0335. The number of hydrogen-bond donors (Lipinski definition) is 1. The molecule has 1 amide bonds. The second-order valence-electron chi connectivity index (χ2n) is 6.09. The molecule has 1 atom stereocenters. The van der Waals surface area contributed by atoms with Gasteiger partial charge in [0.15, 0.2) is 5.54 Å². The van der Waals surface area contributed by atoms with E-state index in [-0.39, 0.29) is 4.90 Å². The highest BCUT2D eigenvalue weighted by Gasteiger charge is 2.41. The third-order valence-electron chi connectivity index (χ3n) is 4.35. The SMILES string of the molecule is Cc1ccc(S(=O)(=O)NC(=O)C2(c3ccc(Cl)cc3)C=CC=N2)cc1C. The second-order valence-corrected chi connectivity index (χ2v) is 8.21. The maximum Gasteiger partial charge on any atom is 0.270 e. The number of nitrogens with one attached hydrogen (secondary N) is 1. The van der Waals surface area contributed by atoms with E-state index in [1.165, 1.54) is 18.3 Å². The van der Waals surface area contributed by atoms with Gasteiger partial charge < -0.3 is 0 Å². The summed E-state index contributed by atoms with van der Waals surface area (Å²) in [6.45, 7) is 3.70. The molecule has 0 bridgehead atoms. The maximum absolute atomic E-state index is 12.9. The van der Waals surface area contributed by atoms with E-state index in [9.17, 15) is 13.2 Å². The highest BCUT2D eigenvalue weighted by molar-refractivity contribution is 7.90. The van der Waals surface area contributed by atoms with E-state index in [1.54, 1.807) is 42.5 Å². The van der Waals surface area contributed by atoms with Crippen LogP contribution in [-0.2, 0) is 20.4 Å². The van der Waals surface area contributed by atoms with Gasteiger partial charge in [-0.15, -0.1) is 0 Å². The van der Waals surface area contributed by atoms with Gasteiger partial charge in [-0.2, -0.15) is 0 Å². The summed E-state index contributed by atoms with van der Waals surface area (Å²) >= 11 is 5.90. The van der Waals surface area contributed by atoms with Gasteiger partial charge in [0.1, 0.15) is 0 Å². The molecule has 134 valence electrons. The molecule has 5 nitrogen and oxygen atoms in total. The molecule has 1 heterocycles. The third-order valence-corrected chi connectivity index (χ3v) is 5.93. The molecule has 7 heteroatoms. The number of amides is 1. The van der Waals surface area contributed by atoms with Crippen molar-refractivity contribution >= 4 is 33.7 Å². The fraction of sp³-hybridized carbons (Fsp3) is 0.158. The van der Waals surface area contributed by atoms with Crippen LogP contribution in [0.15, 0.2) is 64.5 Å². The molecule has 1 aliphatic heterocycles. The molecule has 0 radical (unpaired) electrons. The topological polar surface area (TPSA) is 75.6 Å². The first kappa shape index (κ1) is 18.4. The largest absolute Gasteiger partial charge is 0.270 e. The fourth-order valence-electron chi connectivity index (χ4n) is 2.67. The van der Waals surface area contributed by atoms with E-state index in [1.807, 2.05) is 13.8 Å². The van der Waals surface area contributed by atoms with Gasteiger partial charge in [-0.3, -0.25) is 9.79 Å². The average molecular weight is 389 g/mol. The number of halogens is 1. The number of nitrogens with zero attached hydrogens (tertiary/aromatic N) is 1. The zero-order valence-electron chi connectivity index (χ0n) is 14.2. The van der Waals surface area contributed by atoms with Crippen molar-refractivity contribution in [1.29, 1.82) is 0 Å². The highest BCUT2D eigenvalue weighted by Crippen LogP contribution is 2.32. The van der Waals surface area contributed by atoms with Crippen LogP contribution in [0.25, 0.3) is 0 Å². The van der Waals surface area contributed by atoms with Crippen molar-refractivity contribution < 1.29 is 13.2 Å². The molecule has 2 aromatic carbocycles. The Morgan fingerprint density at radius 1 is 1.08 bits per heavy atom. The molecule has 1 unspecified atom stereocenters. The molecule has 0 saturated carbocycles. The van der Waals surface area contributed by atoms with Crippen LogP contribution in [0.2, 0.25) is 5.02 Å². The Bertz CT molecular complexity index is 1010. The Morgan fingerprint density at radius 2 is 1.77 bits per heavy atom. The second kappa shape index (κ2) is 6.70. The Hall–Kier alpha value is -2.44. The van der Waals surface area contributed by atoms with Crippen LogP contribution in [-0.4, -0.2) is 20.5 Å². The van der Waals surface area contributed by atoms with Crippen molar-refractivity contribution in [3.05, 3.63) is 76.3 Å². The lowest BCUT2D eigenvalue weighted by Gasteiger charge is -2.23. The van der Waals surface area contributed by atoms with Crippen LogP contribution >= 0.6 is 11.6 Å². The van der Waals surface area contributed by atoms with Crippen molar-refractivity contribution in [1.82, 2.24) is 4.72 Å². The number of aliphatic imine (C=N–C) groups is 1. The van der Waals surface area contributed by atoms with E-state index in [2.05, 4.69) is 9.71 Å². The fourth-order valence-corrected chi connectivity index (χ4v) is 3.89. The number of rotatable bonds is 4. The van der Waals surface area contributed by atoms with Gasteiger partial charge in [0.05, 0.1) is 4.90 Å². The molecule has 1 aliphatic rings. The lowest BCUT2D eigenvalue weighted by atomic mass is 9.90. The number of hydrogen-bond acceptors (Lipinski definition) is 4. The van der Waals surface area contributed by atoms with Crippen molar-refractivity contribution in [2.24, 2.45) is 4.99 Å². The molecule has 0 aliphatic carbocycles. The smallest absolute Gasteiger partial charge is 0.270 e. The van der Waals surface area contributed by atoms with Crippen LogP contribution < -0.4 is 4.72 Å². The zero-order chi connectivity index (χ0) is 18.9. The van der Waals surface area contributed by atoms with Gasteiger partial charge >= 0.3 is 0 Å². The summed E-state index contributed by atoms with van der Waals surface area (Å²) < 4.78 is 27.5. The zero-order valence-corrected chi connectivity index (χ0v) is 15.8. The predicted molar refractivity (Wildman–Crippen MR) is 102 cm³/mol.